The van der Waals surface area contributed by atoms with E-state index < -0.39 is 0 Å². The highest BCUT2D eigenvalue weighted by Crippen LogP contribution is 2.00. The Morgan fingerprint density at radius 3 is 2.80 bits per heavy atom. The predicted octanol–water partition coefficient (Wildman–Crippen LogP) is 1.65. The van der Waals surface area contributed by atoms with Crippen LogP contribution in [0.3, 0.4) is 0 Å². The van der Waals surface area contributed by atoms with Gasteiger partial charge in [-0.25, -0.2) is 0 Å². The molecule has 0 saturated heterocycles. The van der Waals surface area contributed by atoms with Crippen LogP contribution in [0.15, 0.2) is 6.07 Å². The fraction of sp³-hybridized carbons (Fsp3) is 0.625. The molecule has 0 aliphatic heterocycles. The van der Waals surface area contributed by atoms with E-state index in [1.54, 1.807) is 0 Å². The van der Waals surface area contributed by atoms with Crippen LogP contribution in [0.5, 0.6) is 0 Å². The number of nitrogens with zero attached hydrogens (tertiary/aromatic N) is 2. The van der Waals surface area contributed by atoms with Crippen molar-refractivity contribution in [2.75, 3.05) is 0 Å². The third-order valence-corrected chi connectivity index (χ3v) is 1.40. The van der Waals surface area contributed by atoms with Crippen molar-refractivity contribution in [3.63, 3.8) is 0 Å². The molecule has 0 fully saturated rings. The molecule has 1 aromatic rings. The minimum absolute atomic E-state index is 0.659. The molecule has 0 spiro atoms. The van der Waals surface area contributed by atoms with E-state index >= 15 is 0 Å². The molecule has 0 N–H and O–H groups in total. The van der Waals surface area contributed by atoms with Crippen molar-refractivity contribution < 1.29 is 0 Å². The SMILES string of the molecule is Cc1c[c]nn1CC(C)C. The average molecular weight is 137 g/mol. The fourth-order valence-electron chi connectivity index (χ4n) is 0.876. The second kappa shape index (κ2) is 2.86. The van der Waals surface area contributed by atoms with Gasteiger partial charge in [0.1, 0.15) is 6.20 Å². The van der Waals surface area contributed by atoms with Crippen LogP contribution in [0.2, 0.25) is 0 Å². The Kier molecular flexibility index (Phi) is 2.10. The molecule has 0 unspecified atom stereocenters. The van der Waals surface area contributed by atoms with Crippen LogP contribution >= 0.6 is 0 Å². The zero-order valence-electron chi connectivity index (χ0n) is 6.76. The Morgan fingerprint density at radius 1 is 1.70 bits per heavy atom. The molecule has 0 atom stereocenters. The van der Waals surface area contributed by atoms with Crippen molar-refractivity contribution in [1.29, 1.82) is 0 Å². The summed E-state index contributed by atoms with van der Waals surface area (Å²) >= 11 is 0. The van der Waals surface area contributed by atoms with Gasteiger partial charge in [-0.15, -0.1) is 0 Å². The molecule has 0 amide bonds. The van der Waals surface area contributed by atoms with Gasteiger partial charge in [-0.2, -0.15) is 5.10 Å². The molecule has 1 rings (SSSR count). The number of aromatic nitrogens is 2. The second-order valence-corrected chi connectivity index (χ2v) is 2.99. The maximum atomic E-state index is 4.05. The number of aryl methyl sites for hydroxylation is 1. The topological polar surface area (TPSA) is 17.8 Å². The van der Waals surface area contributed by atoms with Gasteiger partial charge in [-0.1, -0.05) is 13.8 Å². The Hall–Kier alpha value is -0.790. The van der Waals surface area contributed by atoms with E-state index in [1.807, 2.05) is 17.7 Å². The highest BCUT2D eigenvalue weighted by atomic mass is 15.3. The van der Waals surface area contributed by atoms with Crippen molar-refractivity contribution in [1.82, 2.24) is 9.78 Å². The maximum Gasteiger partial charge on any atom is 0.113 e. The molecule has 55 valence electrons. The van der Waals surface area contributed by atoms with E-state index in [0.29, 0.717) is 5.92 Å². The van der Waals surface area contributed by atoms with E-state index in [1.165, 1.54) is 5.69 Å². The van der Waals surface area contributed by atoms with Crippen LogP contribution in [0.4, 0.5) is 0 Å². The summed E-state index contributed by atoms with van der Waals surface area (Å²) < 4.78 is 1.98. The first kappa shape index (κ1) is 7.32. The monoisotopic (exact) mass is 137 g/mol. The Bertz CT molecular complexity index is 201. The second-order valence-electron chi connectivity index (χ2n) is 2.99. The molecule has 1 radical (unpaired) electrons. The lowest BCUT2D eigenvalue weighted by Crippen LogP contribution is -2.07. The lowest BCUT2D eigenvalue weighted by Gasteiger charge is -2.05. The van der Waals surface area contributed by atoms with Crippen molar-refractivity contribution >= 4 is 0 Å². The summed E-state index contributed by atoms with van der Waals surface area (Å²) in [4.78, 5) is 0. The summed E-state index contributed by atoms with van der Waals surface area (Å²) in [6.07, 6.45) is 2.82. The molecule has 2 nitrogen and oxygen atoms in total. The molecule has 0 aliphatic rings. The molecular formula is C8H13N2. The average Bonchev–Trinajstić information content (AvgIpc) is 2.15. The minimum Gasteiger partial charge on any atom is -0.269 e. The third-order valence-electron chi connectivity index (χ3n) is 1.40. The van der Waals surface area contributed by atoms with E-state index in [9.17, 15) is 0 Å². The van der Waals surface area contributed by atoms with Gasteiger partial charge in [0.15, 0.2) is 0 Å². The summed E-state index contributed by atoms with van der Waals surface area (Å²) in [6.45, 7) is 7.41. The maximum absolute atomic E-state index is 4.05. The summed E-state index contributed by atoms with van der Waals surface area (Å²) in [6, 6.07) is 1.91. The van der Waals surface area contributed by atoms with Crippen LogP contribution in [0.1, 0.15) is 19.5 Å². The van der Waals surface area contributed by atoms with Crippen LogP contribution in [0, 0.1) is 19.0 Å². The fourth-order valence-corrected chi connectivity index (χ4v) is 0.876. The molecule has 0 aromatic carbocycles. The van der Waals surface area contributed by atoms with E-state index in [2.05, 4.69) is 25.1 Å². The largest absolute Gasteiger partial charge is 0.269 e. The lowest BCUT2D eigenvalue weighted by molar-refractivity contribution is 0.474. The van der Waals surface area contributed by atoms with Gasteiger partial charge in [-0.05, 0) is 18.9 Å². The van der Waals surface area contributed by atoms with Crippen molar-refractivity contribution in [2.45, 2.75) is 27.3 Å². The van der Waals surface area contributed by atoms with E-state index in [-0.39, 0.29) is 0 Å². The van der Waals surface area contributed by atoms with E-state index in [0.717, 1.165) is 6.54 Å². The van der Waals surface area contributed by atoms with Gasteiger partial charge in [0.2, 0.25) is 0 Å². The molecule has 1 aromatic heterocycles. The Labute approximate surface area is 61.9 Å². The molecule has 1 heterocycles. The van der Waals surface area contributed by atoms with Gasteiger partial charge in [-0.3, -0.25) is 4.68 Å². The highest BCUT2D eigenvalue weighted by Gasteiger charge is 1.98. The zero-order chi connectivity index (χ0) is 7.56. The summed E-state index contributed by atoms with van der Waals surface area (Å²) in [5, 5.41) is 4.05. The van der Waals surface area contributed by atoms with Gasteiger partial charge < -0.3 is 0 Å². The first-order chi connectivity index (χ1) is 4.70. The standard InChI is InChI=1S/C8H13N2/c1-7(2)6-10-8(3)4-5-9-10/h4,7H,6H2,1-3H3. The minimum atomic E-state index is 0.659. The van der Waals surface area contributed by atoms with Crippen LogP contribution < -0.4 is 0 Å². The van der Waals surface area contributed by atoms with Crippen LogP contribution in [-0.4, -0.2) is 9.78 Å². The smallest absolute Gasteiger partial charge is 0.113 e. The quantitative estimate of drug-likeness (QED) is 0.606. The molecule has 2 heteroatoms. The summed E-state index contributed by atoms with van der Waals surface area (Å²) in [7, 11) is 0. The Balaban J connectivity index is 2.65. The van der Waals surface area contributed by atoms with Crippen molar-refractivity contribution in [3.05, 3.63) is 18.0 Å². The molecule has 0 saturated carbocycles. The lowest BCUT2D eigenvalue weighted by atomic mass is 10.2. The van der Waals surface area contributed by atoms with Gasteiger partial charge >= 0.3 is 0 Å². The number of hydrogen-bond donors (Lipinski definition) is 0. The van der Waals surface area contributed by atoms with Gasteiger partial charge in [0.25, 0.3) is 0 Å². The molecular weight excluding hydrogens is 124 g/mol. The van der Waals surface area contributed by atoms with Gasteiger partial charge in [0, 0.05) is 12.2 Å². The van der Waals surface area contributed by atoms with Crippen molar-refractivity contribution in [3.8, 4) is 0 Å². The van der Waals surface area contributed by atoms with Gasteiger partial charge in [0.05, 0.1) is 0 Å². The molecule has 0 aliphatic carbocycles. The zero-order valence-corrected chi connectivity index (χ0v) is 6.76. The van der Waals surface area contributed by atoms with Crippen molar-refractivity contribution in [2.24, 2.45) is 5.92 Å². The summed E-state index contributed by atoms with van der Waals surface area (Å²) in [5.41, 5.74) is 1.19. The normalized spacial score (nSPS) is 10.8. The number of rotatable bonds is 2. The summed E-state index contributed by atoms with van der Waals surface area (Å²) in [5.74, 6) is 0.659. The predicted molar refractivity (Wildman–Crippen MR) is 40.6 cm³/mol. The van der Waals surface area contributed by atoms with Crippen LogP contribution in [-0.2, 0) is 6.54 Å². The third kappa shape index (κ3) is 1.59. The Morgan fingerprint density at radius 2 is 2.40 bits per heavy atom. The highest BCUT2D eigenvalue weighted by molar-refractivity contribution is 4.94. The van der Waals surface area contributed by atoms with E-state index in [4.69, 9.17) is 0 Å². The first-order valence-corrected chi connectivity index (χ1v) is 3.60. The van der Waals surface area contributed by atoms with Crippen LogP contribution in [0.25, 0.3) is 0 Å². The first-order valence-electron chi connectivity index (χ1n) is 3.60. The molecule has 10 heavy (non-hydrogen) atoms. The number of hydrogen-bond acceptors (Lipinski definition) is 1. The molecule has 0 bridgehead atoms.